The normalized spacial score (nSPS) is 16.9. The first-order chi connectivity index (χ1) is 6.91. The van der Waals surface area contributed by atoms with Crippen molar-refractivity contribution in [3.63, 3.8) is 0 Å². The van der Waals surface area contributed by atoms with Crippen LogP contribution >= 0.6 is 7.59 Å². The molecule has 0 saturated carbocycles. The van der Waals surface area contributed by atoms with Gasteiger partial charge in [0.25, 0.3) is 0 Å². The first-order valence-electron chi connectivity index (χ1n) is 4.14. The minimum absolute atomic E-state index is 0.892. The van der Waals surface area contributed by atoms with E-state index < -0.39 is 32.6 Å². The van der Waals surface area contributed by atoms with Crippen molar-refractivity contribution >= 4 is 7.59 Å². The summed E-state index contributed by atoms with van der Waals surface area (Å²) < 4.78 is 82.1. The predicted molar refractivity (Wildman–Crippen MR) is 44.5 cm³/mol. The van der Waals surface area contributed by atoms with Gasteiger partial charge >= 0.3 is 86.6 Å². The molecule has 3 nitrogen and oxygen atoms in total. The molecule has 0 heterocycles. The van der Waals surface area contributed by atoms with E-state index in [-0.39, 0.29) is 0 Å². The van der Waals surface area contributed by atoms with Crippen LogP contribution in [0.4, 0.5) is 26.1 Å². The summed E-state index contributed by atoms with van der Waals surface area (Å²) in [4.78, 5) is 8.89. The van der Waals surface area contributed by atoms with Crippen LogP contribution in [0.25, 0.3) is 0 Å². The summed E-state index contributed by atoms with van der Waals surface area (Å²) in [7, 11) is -7.55. The Morgan fingerprint density at radius 1 is 1.00 bits per heavy atom. The molecule has 0 aromatic carbocycles. The Balaban J connectivity index is 5.52. The van der Waals surface area contributed by atoms with Gasteiger partial charge in [0.2, 0.25) is 0 Å². The number of rotatable bonds is 5. The Morgan fingerprint density at radius 2 is 1.31 bits per heavy atom. The summed E-state index contributed by atoms with van der Waals surface area (Å²) in [5.74, 6) is 0. The van der Waals surface area contributed by atoms with Gasteiger partial charge in [-0.15, -0.1) is 0 Å². The molecular formula is C6H11F6O3P. The molecule has 0 aliphatic rings. The molecule has 0 unspecified atom stereocenters. The van der Waals surface area contributed by atoms with Crippen LogP contribution in [0.15, 0.2) is 0 Å². The van der Waals surface area contributed by atoms with Gasteiger partial charge < -0.3 is 0 Å². The Morgan fingerprint density at radius 3 is 1.50 bits per heavy atom. The monoisotopic (exact) mass is 276 g/mol. The van der Waals surface area contributed by atoms with E-state index in [0.717, 1.165) is 13.8 Å². The van der Waals surface area contributed by atoms with E-state index >= 15 is 0 Å². The third kappa shape index (κ3) is 2.42. The van der Waals surface area contributed by atoms with Crippen molar-refractivity contribution in [1.29, 1.82) is 0 Å². The molecule has 0 bridgehead atoms. The van der Waals surface area contributed by atoms with E-state index in [2.05, 4.69) is 9.05 Å². The molecule has 100 valence electrons. The van der Waals surface area contributed by atoms with Crippen LogP contribution in [-0.2, 0) is 9.05 Å². The minimum atomic E-state index is -7.55. The molecule has 0 aromatic rings. The van der Waals surface area contributed by atoms with Gasteiger partial charge in [0, 0.05) is 0 Å². The van der Waals surface area contributed by atoms with Crippen LogP contribution in [-0.4, -0.2) is 29.9 Å². The third-order valence-corrected chi connectivity index (χ3v) is 4.10. The quantitative estimate of drug-likeness (QED) is 0.618. The van der Waals surface area contributed by atoms with Crippen molar-refractivity contribution in [3.8, 4) is 0 Å². The first-order valence-corrected chi connectivity index (χ1v) is 6.06. The topological polar surface area (TPSA) is 38.7 Å². The van der Waals surface area contributed by atoms with Gasteiger partial charge in [0.15, 0.2) is 0 Å². The number of hydrogen-bond acceptors (Lipinski definition) is 3. The van der Waals surface area contributed by atoms with Crippen molar-refractivity contribution in [2.45, 2.75) is 25.7 Å². The van der Waals surface area contributed by atoms with Crippen LogP contribution in [0.5, 0.6) is 0 Å². The van der Waals surface area contributed by atoms with Gasteiger partial charge in [-0.2, -0.15) is 0 Å². The molecule has 0 aliphatic carbocycles. The van der Waals surface area contributed by atoms with E-state index in [1.54, 1.807) is 0 Å². The Labute approximate surface area is 87.6 Å². The Hall–Kier alpha value is -0.110. The van der Waals surface area contributed by atoms with E-state index in [4.69, 9.17) is 4.89 Å². The van der Waals surface area contributed by atoms with E-state index in [1.165, 1.54) is 0 Å². The molecule has 0 rings (SSSR count). The molecule has 0 spiro atoms. The molecule has 0 radical (unpaired) electrons. The van der Waals surface area contributed by atoms with E-state index in [1.807, 2.05) is 0 Å². The zero-order valence-corrected chi connectivity index (χ0v) is 9.29. The fourth-order valence-corrected chi connectivity index (χ4v) is 2.57. The molecule has 0 amide bonds. The molecule has 10 heteroatoms. The first kappa shape index (κ1) is 15.9. The average molecular weight is 276 g/mol. The number of alkyl halides is 5. The van der Waals surface area contributed by atoms with Crippen LogP contribution in [0.1, 0.15) is 13.8 Å². The van der Waals surface area contributed by atoms with Crippen molar-refractivity contribution in [2.75, 3.05) is 13.2 Å². The summed E-state index contributed by atoms with van der Waals surface area (Å²) in [5, 5.41) is 0. The van der Waals surface area contributed by atoms with Gasteiger partial charge in [0.05, 0.1) is 0 Å². The molecule has 0 aromatic heterocycles. The molecule has 0 aliphatic heterocycles. The fourth-order valence-electron chi connectivity index (χ4n) is 0.855. The van der Waals surface area contributed by atoms with Gasteiger partial charge in [-0.25, -0.2) is 0 Å². The van der Waals surface area contributed by atoms with E-state index in [9.17, 15) is 26.1 Å². The maximum absolute atomic E-state index is 13.5. The predicted octanol–water partition coefficient (Wildman–Crippen LogP) is 3.39. The zero-order chi connectivity index (χ0) is 13.3. The van der Waals surface area contributed by atoms with Crippen LogP contribution < -0.4 is 0 Å². The molecule has 0 atom stereocenters. The Kier molecular flexibility index (Phi) is 4.26. The summed E-state index contributed by atoms with van der Waals surface area (Å²) in [6.07, 6.45) is -6.31. The van der Waals surface area contributed by atoms with Crippen LogP contribution in [0.2, 0.25) is 0 Å². The molecule has 0 fully saturated rings. The molecule has 0 saturated heterocycles. The van der Waals surface area contributed by atoms with Crippen molar-refractivity contribution in [1.82, 2.24) is 0 Å². The summed E-state index contributed by atoms with van der Waals surface area (Å²) in [6.45, 7) is 0.109. The maximum atomic E-state index is 13.5. The van der Waals surface area contributed by atoms with Crippen LogP contribution in [0.3, 0.4) is 0 Å². The fraction of sp³-hybridized carbons (Fsp3) is 1.00. The third-order valence-electron chi connectivity index (χ3n) is 1.51. The Bertz CT molecular complexity index is 243. The molecule has 16 heavy (non-hydrogen) atoms. The second-order valence-electron chi connectivity index (χ2n) is 2.69. The standard InChI is InChI=1S/C6H11F6O3P/c1-3-14-16(12,13,15-4-2)6(10,11)5(7,8)9/h13H,3-4H2,1-2H3. The number of hydrogen-bond donors (Lipinski definition) is 1. The summed E-state index contributed by atoms with van der Waals surface area (Å²) in [6, 6.07) is 0. The van der Waals surface area contributed by atoms with Gasteiger partial charge in [-0.3, -0.25) is 0 Å². The van der Waals surface area contributed by atoms with Gasteiger partial charge in [-0.1, -0.05) is 0 Å². The summed E-state index contributed by atoms with van der Waals surface area (Å²) >= 11 is 0. The second kappa shape index (κ2) is 4.29. The SMILES string of the molecule is CCOP(O)(F)(OCC)C(F)(F)C(F)(F)F. The van der Waals surface area contributed by atoms with Gasteiger partial charge in [-0.05, 0) is 0 Å². The molecule has 1 N–H and O–H groups in total. The number of halogens is 6. The summed E-state index contributed by atoms with van der Waals surface area (Å²) in [5.41, 5.74) is -6.09. The van der Waals surface area contributed by atoms with Crippen LogP contribution in [0, 0.1) is 0 Å². The zero-order valence-electron chi connectivity index (χ0n) is 8.39. The van der Waals surface area contributed by atoms with Crippen molar-refractivity contribution < 1.29 is 40.1 Å². The van der Waals surface area contributed by atoms with Gasteiger partial charge in [0.1, 0.15) is 0 Å². The van der Waals surface area contributed by atoms with Crippen molar-refractivity contribution in [3.05, 3.63) is 0 Å². The van der Waals surface area contributed by atoms with E-state index in [0.29, 0.717) is 0 Å². The molecular weight excluding hydrogens is 265 g/mol. The average Bonchev–Trinajstić information content (AvgIpc) is 2.01. The van der Waals surface area contributed by atoms with Crippen molar-refractivity contribution in [2.24, 2.45) is 0 Å². The second-order valence-corrected chi connectivity index (χ2v) is 5.41.